The van der Waals surface area contributed by atoms with E-state index in [0.717, 1.165) is 6.42 Å². The number of nitrogens with one attached hydrogen (secondary N) is 1. The van der Waals surface area contributed by atoms with E-state index < -0.39 is 6.61 Å². The fraction of sp³-hybridized carbons (Fsp3) is 0.278. The molecule has 0 saturated carbocycles. The maximum absolute atomic E-state index is 12.6. The number of benzene rings is 2. The summed E-state index contributed by atoms with van der Waals surface area (Å²) in [4.78, 5) is 4.14. The lowest BCUT2D eigenvalue weighted by atomic mass is 10.2. The number of nitrogens with two attached hydrogens (primary N) is 1. The average molecular weight is 560 g/mol. The van der Waals surface area contributed by atoms with Crippen LogP contribution in [-0.2, 0) is 6.54 Å². The van der Waals surface area contributed by atoms with E-state index in [-0.39, 0.29) is 57.8 Å². The van der Waals surface area contributed by atoms with Gasteiger partial charge in [-0.05, 0) is 24.3 Å². The molecule has 3 rings (SSSR count). The molecular formula is C18H18Cl2F2IN3O3. The van der Waals surface area contributed by atoms with Crippen LogP contribution in [0.5, 0.6) is 17.2 Å². The zero-order valence-electron chi connectivity index (χ0n) is 15.0. The van der Waals surface area contributed by atoms with E-state index in [0.29, 0.717) is 30.4 Å². The summed E-state index contributed by atoms with van der Waals surface area (Å²) in [7, 11) is 0. The number of fused-ring (bicyclic) bond motifs is 1. The van der Waals surface area contributed by atoms with Gasteiger partial charge in [-0.2, -0.15) is 8.78 Å². The van der Waals surface area contributed by atoms with E-state index in [4.69, 9.17) is 38.4 Å². The van der Waals surface area contributed by atoms with Gasteiger partial charge in [0.05, 0.1) is 24.8 Å². The van der Waals surface area contributed by atoms with Gasteiger partial charge in [0.15, 0.2) is 17.5 Å². The van der Waals surface area contributed by atoms with Gasteiger partial charge < -0.3 is 25.3 Å². The van der Waals surface area contributed by atoms with Crippen LogP contribution in [0.4, 0.5) is 14.5 Å². The number of rotatable bonds is 5. The van der Waals surface area contributed by atoms with Crippen molar-refractivity contribution in [2.45, 2.75) is 19.6 Å². The van der Waals surface area contributed by atoms with Gasteiger partial charge in [0.25, 0.3) is 0 Å². The number of aliphatic imine (C=N–C) groups is 1. The molecule has 0 bridgehead atoms. The summed E-state index contributed by atoms with van der Waals surface area (Å²) in [5.41, 5.74) is 6.82. The highest BCUT2D eigenvalue weighted by Crippen LogP contribution is 2.34. The van der Waals surface area contributed by atoms with Gasteiger partial charge in [0.2, 0.25) is 0 Å². The standard InChI is InChI=1S/C18H17Cl2F2N3O3.HI/c19-11-6-10(16(13(20)7-11)28-17(21)22)9-24-18(23)25-12-2-3-14-15(8-12)27-5-1-4-26-14;/h2-3,6-8,17H,1,4-5,9H2,(H3,23,24,25);1H. The van der Waals surface area contributed by atoms with Crippen LogP contribution in [0, 0.1) is 0 Å². The molecule has 0 unspecified atom stereocenters. The smallest absolute Gasteiger partial charge is 0.387 e. The highest BCUT2D eigenvalue weighted by Gasteiger charge is 2.15. The molecule has 3 N–H and O–H groups in total. The Labute approximate surface area is 193 Å². The lowest BCUT2D eigenvalue weighted by Gasteiger charge is -2.13. The van der Waals surface area contributed by atoms with Crippen molar-refractivity contribution >= 4 is 58.8 Å². The molecule has 0 aliphatic carbocycles. The normalized spacial score (nSPS) is 13.5. The van der Waals surface area contributed by atoms with E-state index >= 15 is 0 Å². The molecule has 1 heterocycles. The first kappa shape index (κ1) is 23.6. The van der Waals surface area contributed by atoms with Crippen molar-refractivity contribution in [3.8, 4) is 17.2 Å². The maximum atomic E-state index is 12.6. The molecule has 1 aliphatic rings. The van der Waals surface area contributed by atoms with Crippen molar-refractivity contribution in [1.82, 2.24) is 0 Å². The van der Waals surface area contributed by atoms with Crippen molar-refractivity contribution in [1.29, 1.82) is 0 Å². The predicted molar refractivity (Wildman–Crippen MR) is 120 cm³/mol. The second-order valence-corrected chi connectivity index (χ2v) is 6.64. The van der Waals surface area contributed by atoms with E-state index in [9.17, 15) is 8.78 Å². The van der Waals surface area contributed by atoms with E-state index in [1.54, 1.807) is 18.2 Å². The van der Waals surface area contributed by atoms with Crippen LogP contribution in [0.2, 0.25) is 10.0 Å². The van der Waals surface area contributed by atoms with Gasteiger partial charge in [0.1, 0.15) is 5.75 Å². The number of hydrogen-bond donors (Lipinski definition) is 2. The molecular weight excluding hydrogens is 542 g/mol. The quantitative estimate of drug-likeness (QED) is 0.295. The number of guanidine groups is 1. The van der Waals surface area contributed by atoms with Crippen LogP contribution in [-0.4, -0.2) is 25.8 Å². The highest BCUT2D eigenvalue weighted by atomic mass is 127. The minimum Gasteiger partial charge on any atom is -0.490 e. The Hall–Kier alpha value is -1.72. The predicted octanol–water partition coefficient (Wildman–Crippen LogP) is 5.30. The minimum absolute atomic E-state index is 0. The molecule has 0 aromatic heterocycles. The Balaban J connectivity index is 0.00000300. The lowest BCUT2D eigenvalue weighted by Crippen LogP contribution is -2.22. The lowest BCUT2D eigenvalue weighted by molar-refractivity contribution is -0.0503. The summed E-state index contributed by atoms with van der Waals surface area (Å²) >= 11 is 11.9. The van der Waals surface area contributed by atoms with Crippen molar-refractivity contribution in [2.24, 2.45) is 10.7 Å². The minimum atomic E-state index is -3.03. The molecule has 2 aromatic rings. The Morgan fingerprint density at radius 2 is 1.90 bits per heavy atom. The van der Waals surface area contributed by atoms with Crippen LogP contribution in [0.25, 0.3) is 0 Å². The molecule has 0 spiro atoms. The fourth-order valence-electron chi connectivity index (χ4n) is 2.55. The third-order valence-corrected chi connectivity index (χ3v) is 4.23. The van der Waals surface area contributed by atoms with Gasteiger partial charge in [-0.1, -0.05) is 23.2 Å². The number of anilines is 1. The average Bonchev–Trinajstić information content (AvgIpc) is 2.87. The molecule has 0 atom stereocenters. The van der Waals surface area contributed by atoms with Crippen LogP contribution in [0.1, 0.15) is 12.0 Å². The molecule has 0 amide bonds. The first-order valence-corrected chi connectivity index (χ1v) is 9.07. The van der Waals surface area contributed by atoms with Crippen molar-refractivity contribution in [3.63, 3.8) is 0 Å². The van der Waals surface area contributed by atoms with Crippen molar-refractivity contribution < 1.29 is 23.0 Å². The summed E-state index contributed by atoms with van der Waals surface area (Å²) < 4.78 is 40.9. The fourth-order valence-corrected chi connectivity index (χ4v) is 3.13. The van der Waals surface area contributed by atoms with E-state index in [1.165, 1.54) is 12.1 Å². The molecule has 29 heavy (non-hydrogen) atoms. The topological polar surface area (TPSA) is 78.1 Å². The first-order valence-electron chi connectivity index (χ1n) is 8.31. The molecule has 11 heteroatoms. The number of halogens is 5. The van der Waals surface area contributed by atoms with Gasteiger partial charge in [-0.3, -0.25) is 0 Å². The maximum Gasteiger partial charge on any atom is 0.387 e. The molecule has 0 saturated heterocycles. The zero-order chi connectivity index (χ0) is 20.1. The Kier molecular flexibility index (Phi) is 8.84. The number of hydrogen-bond acceptors (Lipinski definition) is 4. The van der Waals surface area contributed by atoms with Crippen LogP contribution in [0.3, 0.4) is 0 Å². The third kappa shape index (κ3) is 6.65. The van der Waals surface area contributed by atoms with Gasteiger partial charge in [0, 0.05) is 28.8 Å². The highest BCUT2D eigenvalue weighted by molar-refractivity contribution is 14.0. The second kappa shape index (κ2) is 10.9. The first-order chi connectivity index (χ1) is 13.4. The summed E-state index contributed by atoms with van der Waals surface area (Å²) in [6, 6.07) is 8.02. The van der Waals surface area contributed by atoms with Crippen LogP contribution >= 0.6 is 47.2 Å². The molecule has 0 fully saturated rings. The van der Waals surface area contributed by atoms with E-state index in [2.05, 4.69) is 15.0 Å². The number of ether oxygens (including phenoxy) is 3. The molecule has 1 aliphatic heterocycles. The zero-order valence-corrected chi connectivity index (χ0v) is 18.8. The SMILES string of the molecule is I.NC(=NCc1cc(Cl)cc(Cl)c1OC(F)F)Nc1ccc2c(c1)OCCCO2. The van der Waals surface area contributed by atoms with Crippen LogP contribution < -0.4 is 25.3 Å². The third-order valence-electron chi connectivity index (χ3n) is 3.73. The van der Waals surface area contributed by atoms with Crippen LogP contribution in [0.15, 0.2) is 35.3 Å². The van der Waals surface area contributed by atoms with Crippen molar-refractivity contribution in [2.75, 3.05) is 18.5 Å². The van der Waals surface area contributed by atoms with Gasteiger partial charge in [-0.15, -0.1) is 24.0 Å². The summed E-state index contributed by atoms with van der Waals surface area (Å²) in [5.74, 6) is 1.13. The summed E-state index contributed by atoms with van der Waals surface area (Å²) in [5, 5.41) is 3.14. The van der Waals surface area contributed by atoms with Gasteiger partial charge in [-0.25, -0.2) is 4.99 Å². The molecule has 2 aromatic carbocycles. The number of alkyl halides is 2. The molecule has 0 radical (unpaired) electrons. The largest absolute Gasteiger partial charge is 0.490 e. The van der Waals surface area contributed by atoms with Crippen molar-refractivity contribution in [3.05, 3.63) is 45.9 Å². The molecule has 6 nitrogen and oxygen atoms in total. The van der Waals surface area contributed by atoms with E-state index in [1.807, 2.05) is 0 Å². The number of nitrogens with zero attached hydrogens (tertiary/aromatic N) is 1. The second-order valence-electron chi connectivity index (χ2n) is 5.79. The monoisotopic (exact) mass is 559 g/mol. The Morgan fingerprint density at radius 3 is 2.62 bits per heavy atom. The van der Waals surface area contributed by atoms with Gasteiger partial charge >= 0.3 is 6.61 Å². The molecule has 158 valence electrons. The Morgan fingerprint density at radius 1 is 1.17 bits per heavy atom. The Bertz CT molecular complexity index is 888. The summed E-state index contributed by atoms with van der Waals surface area (Å²) in [6.45, 7) is -1.94. The summed E-state index contributed by atoms with van der Waals surface area (Å²) in [6.07, 6.45) is 0.798.